The molecule has 0 aliphatic carbocycles. The fourth-order valence-corrected chi connectivity index (χ4v) is 4.92. The minimum absolute atomic E-state index is 0.137. The monoisotopic (exact) mass is 470 g/mol. The molecule has 0 N–H and O–H groups in total. The summed E-state index contributed by atoms with van der Waals surface area (Å²) in [5, 5.41) is 9.61. The van der Waals surface area contributed by atoms with Gasteiger partial charge < -0.3 is 4.90 Å². The summed E-state index contributed by atoms with van der Waals surface area (Å²) in [5.41, 5.74) is 3.22. The Kier molecular flexibility index (Phi) is 6.97. The number of thioether (sulfide) groups is 1. The number of benzene rings is 2. The van der Waals surface area contributed by atoms with Crippen LogP contribution in [0.25, 0.3) is 17.1 Å². The summed E-state index contributed by atoms with van der Waals surface area (Å²) in [6.07, 6.45) is 3.65. The average Bonchev–Trinajstić information content (AvgIpc) is 3.33. The molecule has 1 fully saturated rings. The van der Waals surface area contributed by atoms with E-state index in [9.17, 15) is 4.79 Å². The van der Waals surface area contributed by atoms with Crippen LogP contribution in [0.5, 0.6) is 0 Å². The van der Waals surface area contributed by atoms with Crippen molar-refractivity contribution in [1.82, 2.24) is 29.5 Å². The lowest BCUT2D eigenvalue weighted by Crippen LogP contribution is -2.48. The zero-order chi connectivity index (χ0) is 23.2. The summed E-state index contributed by atoms with van der Waals surface area (Å²) in [7, 11) is 0. The summed E-state index contributed by atoms with van der Waals surface area (Å²) in [6, 6.07) is 24.1. The number of hydrogen-bond donors (Lipinski definition) is 0. The Hall–Kier alpha value is -3.49. The van der Waals surface area contributed by atoms with Gasteiger partial charge in [-0.25, -0.2) is 0 Å². The van der Waals surface area contributed by atoms with Gasteiger partial charge in [0.05, 0.1) is 5.75 Å². The molecule has 5 rings (SSSR count). The van der Waals surface area contributed by atoms with Crippen molar-refractivity contribution >= 4 is 17.7 Å². The number of carbonyl (C=O) groups excluding carboxylic acids is 1. The molecule has 2 aromatic heterocycles. The third-order valence-corrected chi connectivity index (χ3v) is 6.80. The first-order valence-corrected chi connectivity index (χ1v) is 12.3. The molecule has 1 aliphatic heterocycles. The van der Waals surface area contributed by atoms with Gasteiger partial charge in [0.1, 0.15) is 0 Å². The van der Waals surface area contributed by atoms with E-state index in [2.05, 4.69) is 20.1 Å². The first kappa shape index (κ1) is 22.3. The van der Waals surface area contributed by atoms with Crippen LogP contribution < -0.4 is 0 Å². The smallest absolute Gasteiger partial charge is 0.233 e. The highest BCUT2D eigenvalue weighted by Gasteiger charge is 2.23. The molecule has 0 bridgehead atoms. The summed E-state index contributed by atoms with van der Waals surface area (Å²) in [6.45, 7) is 4.12. The second-order valence-corrected chi connectivity index (χ2v) is 9.09. The number of pyridine rings is 1. The van der Waals surface area contributed by atoms with Crippen LogP contribution in [0.15, 0.2) is 90.3 Å². The fraction of sp³-hybridized carbons (Fsp3) is 0.231. The van der Waals surface area contributed by atoms with E-state index in [1.807, 2.05) is 94.7 Å². The number of carbonyl (C=O) groups is 1. The third-order valence-electron chi connectivity index (χ3n) is 5.89. The Morgan fingerprint density at radius 2 is 1.50 bits per heavy atom. The van der Waals surface area contributed by atoms with E-state index in [-0.39, 0.29) is 5.91 Å². The van der Waals surface area contributed by atoms with Crippen molar-refractivity contribution in [3.8, 4) is 17.1 Å². The van der Waals surface area contributed by atoms with Gasteiger partial charge in [0, 0.05) is 56.4 Å². The topological polar surface area (TPSA) is 67.2 Å². The number of rotatable bonds is 7. The van der Waals surface area contributed by atoms with Crippen molar-refractivity contribution in [3.63, 3.8) is 0 Å². The lowest BCUT2D eigenvalue weighted by atomic mass is 10.2. The van der Waals surface area contributed by atoms with Crippen LogP contribution >= 0.6 is 11.8 Å². The Morgan fingerprint density at radius 1 is 0.824 bits per heavy atom. The maximum Gasteiger partial charge on any atom is 0.233 e. The maximum absolute atomic E-state index is 13.0. The molecule has 7 nitrogen and oxygen atoms in total. The van der Waals surface area contributed by atoms with Crippen LogP contribution in [0.3, 0.4) is 0 Å². The summed E-state index contributed by atoms with van der Waals surface area (Å²) in [4.78, 5) is 21.4. The average molecular weight is 471 g/mol. The lowest BCUT2D eigenvalue weighted by molar-refractivity contribution is -0.130. The van der Waals surface area contributed by atoms with Crippen LogP contribution in [0, 0.1) is 0 Å². The molecule has 34 heavy (non-hydrogen) atoms. The highest BCUT2D eigenvalue weighted by molar-refractivity contribution is 7.99. The molecular formula is C26H26N6OS. The Bertz CT molecular complexity index is 1210. The number of para-hydroxylation sites is 1. The summed E-state index contributed by atoms with van der Waals surface area (Å²) in [5.74, 6) is 1.24. The molecule has 4 aromatic rings. The van der Waals surface area contributed by atoms with Crippen molar-refractivity contribution in [2.24, 2.45) is 0 Å². The van der Waals surface area contributed by atoms with Crippen LogP contribution in [-0.2, 0) is 11.3 Å². The van der Waals surface area contributed by atoms with Gasteiger partial charge in [0.2, 0.25) is 5.91 Å². The molecular weight excluding hydrogens is 444 g/mol. The number of aromatic nitrogens is 4. The Morgan fingerprint density at radius 3 is 2.21 bits per heavy atom. The minimum atomic E-state index is 0.137. The zero-order valence-corrected chi connectivity index (χ0v) is 19.6. The molecule has 0 saturated carbocycles. The molecule has 3 heterocycles. The van der Waals surface area contributed by atoms with Crippen molar-refractivity contribution in [2.75, 3.05) is 31.9 Å². The van der Waals surface area contributed by atoms with Crippen molar-refractivity contribution < 1.29 is 4.79 Å². The SMILES string of the molecule is O=C(CSc1nnc(-c2ccccc2)n1-c1ccccc1)N1CCN(Cc2ccncc2)CC1. The van der Waals surface area contributed by atoms with Gasteiger partial charge in [-0.2, -0.15) is 0 Å². The predicted octanol–water partition coefficient (Wildman–Crippen LogP) is 3.77. The molecule has 2 aromatic carbocycles. The van der Waals surface area contributed by atoms with Gasteiger partial charge >= 0.3 is 0 Å². The quantitative estimate of drug-likeness (QED) is 0.383. The summed E-state index contributed by atoms with van der Waals surface area (Å²) >= 11 is 1.44. The first-order valence-electron chi connectivity index (χ1n) is 11.4. The third kappa shape index (κ3) is 5.18. The predicted molar refractivity (Wildman–Crippen MR) is 134 cm³/mol. The molecule has 172 valence electrons. The first-order chi connectivity index (χ1) is 16.8. The molecule has 8 heteroatoms. The van der Waals surface area contributed by atoms with Gasteiger partial charge in [-0.05, 0) is 29.8 Å². The molecule has 0 spiro atoms. The van der Waals surface area contributed by atoms with Crippen LogP contribution in [0.4, 0.5) is 0 Å². The largest absolute Gasteiger partial charge is 0.339 e. The van der Waals surface area contributed by atoms with E-state index in [0.717, 1.165) is 55.0 Å². The van der Waals surface area contributed by atoms with E-state index < -0.39 is 0 Å². The molecule has 1 amide bonds. The van der Waals surface area contributed by atoms with Gasteiger partial charge in [-0.15, -0.1) is 10.2 Å². The van der Waals surface area contributed by atoms with Crippen LogP contribution in [0.1, 0.15) is 5.56 Å². The number of piperazine rings is 1. The molecule has 1 aliphatic rings. The van der Waals surface area contributed by atoms with Gasteiger partial charge in [-0.1, -0.05) is 60.3 Å². The van der Waals surface area contributed by atoms with Gasteiger partial charge in [0.15, 0.2) is 11.0 Å². The fourth-order valence-electron chi connectivity index (χ4n) is 4.07. The minimum Gasteiger partial charge on any atom is -0.339 e. The number of amides is 1. The molecule has 0 atom stereocenters. The van der Waals surface area contributed by atoms with E-state index in [1.54, 1.807) is 0 Å². The van der Waals surface area contributed by atoms with Crippen molar-refractivity contribution in [2.45, 2.75) is 11.7 Å². The highest BCUT2D eigenvalue weighted by Crippen LogP contribution is 2.28. The Labute approximate surface area is 203 Å². The maximum atomic E-state index is 13.0. The van der Waals surface area contributed by atoms with Crippen molar-refractivity contribution in [1.29, 1.82) is 0 Å². The van der Waals surface area contributed by atoms with Crippen LogP contribution in [0.2, 0.25) is 0 Å². The molecule has 0 radical (unpaired) electrons. The summed E-state index contributed by atoms with van der Waals surface area (Å²) < 4.78 is 2.03. The van der Waals surface area contributed by atoms with E-state index >= 15 is 0 Å². The Balaban J connectivity index is 1.24. The second kappa shape index (κ2) is 10.6. The van der Waals surface area contributed by atoms with Gasteiger partial charge in [0.25, 0.3) is 0 Å². The molecule has 0 unspecified atom stereocenters. The number of nitrogens with zero attached hydrogens (tertiary/aromatic N) is 6. The van der Waals surface area contributed by atoms with E-state index in [4.69, 9.17) is 0 Å². The molecule has 1 saturated heterocycles. The van der Waals surface area contributed by atoms with Crippen LogP contribution in [-0.4, -0.2) is 67.4 Å². The van der Waals surface area contributed by atoms with Crippen molar-refractivity contribution in [3.05, 3.63) is 90.8 Å². The van der Waals surface area contributed by atoms with E-state index in [0.29, 0.717) is 5.75 Å². The van der Waals surface area contributed by atoms with Gasteiger partial charge in [-0.3, -0.25) is 19.2 Å². The second-order valence-electron chi connectivity index (χ2n) is 8.14. The lowest BCUT2D eigenvalue weighted by Gasteiger charge is -2.34. The number of hydrogen-bond acceptors (Lipinski definition) is 6. The highest BCUT2D eigenvalue weighted by atomic mass is 32.2. The standard InChI is InChI=1S/C26H26N6OS/c33-24(31-17-15-30(16-18-31)19-21-11-13-27-14-12-21)20-34-26-29-28-25(22-7-3-1-4-8-22)32(26)23-9-5-2-6-10-23/h1-14H,15-20H2. The normalized spacial score (nSPS) is 14.3. The van der Waals surface area contributed by atoms with E-state index in [1.165, 1.54) is 17.3 Å². The zero-order valence-electron chi connectivity index (χ0n) is 18.8.